The molecule has 2 heterocycles. The second kappa shape index (κ2) is 7.50. The predicted molar refractivity (Wildman–Crippen MR) is 104 cm³/mol. The Morgan fingerprint density at radius 1 is 1.04 bits per heavy atom. The SMILES string of the molecule is N#CCc1cccc(Nc2nccc(-c3cn[nH]c3-c3ccccc3)n2)c1. The van der Waals surface area contributed by atoms with Crippen LogP contribution in [0, 0.1) is 11.3 Å². The van der Waals surface area contributed by atoms with E-state index in [0.29, 0.717) is 12.4 Å². The Balaban J connectivity index is 1.64. The summed E-state index contributed by atoms with van der Waals surface area (Å²) in [6, 6.07) is 21.7. The molecular formula is C21H16N6. The van der Waals surface area contributed by atoms with Gasteiger partial charge in [-0.15, -0.1) is 0 Å². The Bertz CT molecular complexity index is 1090. The average Bonchev–Trinajstić information content (AvgIpc) is 3.19. The maximum absolute atomic E-state index is 8.86. The third-order valence-corrected chi connectivity index (χ3v) is 4.10. The number of aromatic nitrogens is 4. The maximum Gasteiger partial charge on any atom is 0.227 e. The van der Waals surface area contributed by atoms with Crippen molar-refractivity contribution in [2.24, 2.45) is 0 Å². The van der Waals surface area contributed by atoms with E-state index in [-0.39, 0.29) is 0 Å². The fourth-order valence-electron chi connectivity index (χ4n) is 2.85. The number of hydrogen-bond donors (Lipinski definition) is 2. The van der Waals surface area contributed by atoms with E-state index in [0.717, 1.165) is 33.8 Å². The van der Waals surface area contributed by atoms with Gasteiger partial charge >= 0.3 is 0 Å². The minimum atomic E-state index is 0.367. The normalized spacial score (nSPS) is 10.3. The molecule has 0 radical (unpaired) electrons. The third kappa shape index (κ3) is 3.67. The number of aromatic amines is 1. The van der Waals surface area contributed by atoms with Crippen LogP contribution in [0.4, 0.5) is 11.6 Å². The molecule has 0 fully saturated rings. The van der Waals surface area contributed by atoms with Crippen LogP contribution in [0.5, 0.6) is 0 Å². The lowest BCUT2D eigenvalue weighted by Crippen LogP contribution is -1.98. The lowest BCUT2D eigenvalue weighted by molar-refractivity contribution is 1.10. The summed E-state index contributed by atoms with van der Waals surface area (Å²) in [6.07, 6.45) is 3.85. The number of H-pyrrole nitrogens is 1. The molecule has 0 bridgehead atoms. The molecule has 0 spiro atoms. The summed E-state index contributed by atoms with van der Waals surface area (Å²) in [5, 5.41) is 19.3. The van der Waals surface area contributed by atoms with Crippen LogP contribution in [0.2, 0.25) is 0 Å². The summed E-state index contributed by atoms with van der Waals surface area (Å²) < 4.78 is 0. The van der Waals surface area contributed by atoms with E-state index in [1.807, 2.05) is 60.7 Å². The number of benzene rings is 2. The van der Waals surface area contributed by atoms with E-state index in [4.69, 9.17) is 5.26 Å². The van der Waals surface area contributed by atoms with Crippen LogP contribution in [0.1, 0.15) is 5.56 Å². The Morgan fingerprint density at radius 3 is 2.78 bits per heavy atom. The lowest BCUT2D eigenvalue weighted by Gasteiger charge is -2.08. The molecule has 0 aliphatic rings. The highest BCUT2D eigenvalue weighted by Gasteiger charge is 2.12. The van der Waals surface area contributed by atoms with Gasteiger partial charge in [-0.25, -0.2) is 9.97 Å². The summed E-state index contributed by atoms with van der Waals surface area (Å²) in [5.41, 5.74) is 5.42. The van der Waals surface area contributed by atoms with Crippen LogP contribution >= 0.6 is 0 Å². The zero-order valence-corrected chi connectivity index (χ0v) is 14.4. The first-order chi connectivity index (χ1) is 13.3. The van der Waals surface area contributed by atoms with Gasteiger partial charge in [0.1, 0.15) is 0 Å². The first-order valence-corrected chi connectivity index (χ1v) is 8.48. The van der Waals surface area contributed by atoms with Gasteiger partial charge in [0.2, 0.25) is 5.95 Å². The predicted octanol–water partition coefficient (Wildman–Crippen LogP) is 4.34. The summed E-state index contributed by atoms with van der Waals surface area (Å²) >= 11 is 0. The quantitative estimate of drug-likeness (QED) is 0.557. The molecule has 27 heavy (non-hydrogen) atoms. The van der Waals surface area contributed by atoms with Gasteiger partial charge < -0.3 is 5.32 Å². The molecule has 2 N–H and O–H groups in total. The lowest BCUT2D eigenvalue weighted by atomic mass is 10.1. The monoisotopic (exact) mass is 352 g/mol. The fourth-order valence-corrected chi connectivity index (χ4v) is 2.85. The van der Waals surface area contributed by atoms with Crippen LogP contribution in [0.3, 0.4) is 0 Å². The minimum absolute atomic E-state index is 0.367. The fraction of sp³-hybridized carbons (Fsp3) is 0.0476. The van der Waals surface area contributed by atoms with Crippen molar-refractivity contribution in [1.82, 2.24) is 20.2 Å². The van der Waals surface area contributed by atoms with Crippen LogP contribution in [0.15, 0.2) is 73.1 Å². The first-order valence-electron chi connectivity index (χ1n) is 8.48. The van der Waals surface area contributed by atoms with Crippen molar-refractivity contribution in [3.63, 3.8) is 0 Å². The van der Waals surface area contributed by atoms with Crippen molar-refractivity contribution in [3.8, 4) is 28.6 Å². The van der Waals surface area contributed by atoms with Crippen LogP contribution < -0.4 is 5.32 Å². The van der Waals surface area contributed by atoms with Crippen LogP contribution in [-0.4, -0.2) is 20.2 Å². The smallest absolute Gasteiger partial charge is 0.227 e. The molecule has 0 amide bonds. The summed E-state index contributed by atoms with van der Waals surface area (Å²) in [4.78, 5) is 8.93. The highest BCUT2D eigenvalue weighted by molar-refractivity contribution is 5.78. The summed E-state index contributed by atoms with van der Waals surface area (Å²) in [5.74, 6) is 0.488. The minimum Gasteiger partial charge on any atom is -0.324 e. The first kappa shape index (κ1) is 16.5. The van der Waals surface area contributed by atoms with Crippen LogP contribution in [-0.2, 0) is 6.42 Å². The van der Waals surface area contributed by atoms with Crippen molar-refractivity contribution < 1.29 is 0 Å². The molecular weight excluding hydrogens is 336 g/mol. The molecule has 4 aromatic rings. The van der Waals surface area contributed by atoms with E-state index in [2.05, 4.69) is 31.6 Å². The second-order valence-electron chi connectivity index (χ2n) is 5.95. The third-order valence-electron chi connectivity index (χ3n) is 4.10. The molecule has 6 heteroatoms. The number of nitrogens with one attached hydrogen (secondary N) is 2. The van der Waals surface area contributed by atoms with Crippen molar-refractivity contribution in [2.75, 3.05) is 5.32 Å². The standard InChI is InChI=1S/C21H16N6/c22-11-9-15-5-4-8-17(13-15)25-21-23-12-10-19(26-21)18-14-24-27-20(18)16-6-2-1-3-7-16/h1-8,10,12-14H,9H2,(H,24,27)(H,23,25,26). The van der Waals surface area contributed by atoms with Crippen molar-refractivity contribution in [3.05, 3.63) is 78.6 Å². The molecule has 4 rings (SSSR count). The van der Waals surface area contributed by atoms with Gasteiger partial charge in [0.25, 0.3) is 0 Å². The topological polar surface area (TPSA) is 90.3 Å². The van der Waals surface area contributed by atoms with E-state index < -0.39 is 0 Å². The van der Waals surface area contributed by atoms with Gasteiger partial charge in [0.05, 0.1) is 30.1 Å². The molecule has 0 aliphatic heterocycles. The summed E-state index contributed by atoms with van der Waals surface area (Å²) in [6.45, 7) is 0. The molecule has 0 atom stereocenters. The molecule has 0 saturated heterocycles. The van der Waals surface area contributed by atoms with Crippen molar-refractivity contribution in [2.45, 2.75) is 6.42 Å². The van der Waals surface area contributed by atoms with Crippen molar-refractivity contribution in [1.29, 1.82) is 5.26 Å². The summed E-state index contributed by atoms with van der Waals surface area (Å²) in [7, 11) is 0. The molecule has 0 unspecified atom stereocenters. The zero-order valence-electron chi connectivity index (χ0n) is 14.4. The average molecular weight is 352 g/mol. The molecule has 0 saturated carbocycles. The maximum atomic E-state index is 8.86. The van der Waals surface area contributed by atoms with Crippen molar-refractivity contribution >= 4 is 11.6 Å². The van der Waals surface area contributed by atoms with Gasteiger partial charge in [-0.3, -0.25) is 5.10 Å². The van der Waals surface area contributed by atoms with Crippen LogP contribution in [0.25, 0.3) is 22.5 Å². The number of nitriles is 1. The number of nitrogens with zero attached hydrogens (tertiary/aromatic N) is 4. The van der Waals surface area contributed by atoms with E-state index in [1.54, 1.807) is 12.4 Å². The molecule has 2 aromatic carbocycles. The number of rotatable bonds is 5. The zero-order chi connectivity index (χ0) is 18.5. The Morgan fingerprint density at radius 2 is 1.93 bits per heavy atom. The molecule has 6 nitrogen and oxygen atoms in total. The number of hydrogen-bond acceptors (Lipinski definition) is 5. The Labute approximate surface area is 156 Å². The largest absolute Gasteiger partial charge is 0.324 e. The van der Waals surface area contributed by atoms with Gasteiger partial charge in [-0.05, 0) is 23.8 Å². The highest BCUT2D eigenvalue weighted by Crippen LogP contribution is 2.29. The van der Waals surface area contributed by atoms with E-state index in [1.165, 1.54) is 0 Å². The van der Waals surface area contributed by atoms with Gasteiger partial charge in [0, 0.05) is 23.0 Å². The molecule has 2 aromatic heterocycles. The Kier molecular flexibility index (Phi) is 4.58. The van der Waals surface area contributed by atoms with Gasteiger partial charge in [-0.1, -0.05) is 42.5 Å². The second-order valence-corrected chi connectivity index (χ2v) is 5.95. The van der Waals surface area contributed by atoms with Gasteiger partial charge in [-0.2, -0.15) is 10.4 Å². The highest BCUT2D eigenvalue weighted by atomic mass is 15.1. The number of anilines is 2. The van der Waals surface area contributed by atoms with Gasteiger partial charge in [0.15, 0.2) is 0 Å². The molecule has 0 aliphatic carbocycles. The molecule has 130 valence electrons. The van der Waals surface area contributed by atoms with E-state index in [9.17, 15) is 0 Å². The van der Waals surface area contributed by atoms with E-state index >= 15 is 0 Å². The Hall–Kier alpha value is -3.98.